The molecule has 0 aliphatic carbocycles. The van der Waals surface area contributed by atoms with Gasteiger partial charge in [0.05, 0.1) is 31.3 Å². The minimum absolute atomic E-state index is 0.662. The van der Waals surface area contributed by atoms with E-state index in [2.05, 4.69) is 59.4 Å². The van der Waals surface area contributed by atoms with Crippen LogP contribution in [0.3, 0.4) is 0 Å². The molecule has 146 valence electrons. The van der Waals surface area contributed by atoms with E-state index in [0.29, 0.717) is 12.4 Å². The molecule has 0 saturated carbocycles. The van der Waals surface area contributed by atoms with Gasteiger partial charge in [0.15, 0.2) is 5.82 Å². The Labute approximate surface area is 172 Å². The summed E-state index contributed by atoms with van der Waals surface area (Å²) in [5, 5.41) is 7.90. The van der Waals surface area contributed by atoms with E-state index in [9.17, 15) is 0 Å². The van der Waals surface area contributed by atoms with Crippen molar-refractivity contribution in [2.45, 2.75) is 20.4 Å². The zero-order valence-electron chi connectivity index (χ0n) is 16.0. The summed E-state index contributed by atoms with van der Waals surface area (Å²) in [6.45, 7) is 7.96. The Morgan fingerprint density at radius 2 is 1.96 bits per heavy atom. The average Bonchev–Trinajstić information content (AvgIpc) is 3.06. The Morgan fingerprint density at radius 3 is 2.71 bits per heavy atom. The second-order valence-electron chi connectivity index (χ2n) is 6.83. The molecule has 28 heavy (non-hydrogen) atoms. The Morgan fingerprint density at radius 1 is 1.14 bits per heavy atom. The molecule has 3 aromatic rings. The van der Waals surface area contributed by atoms with Gasteiger partial charge < -0.3 is 15.0 Å². The summed E-state index contributed by atoms with van der Waals surface area (Å²) >= 11 is 3.59. The normalized spacial score (nSPS) is 14.3. The number of nitrogens with one attached hydrogen (secondary N) is 1. The maximum absolute atomic E-state index is 5.49. The third-order valence-corrected chi connectivity index (χ3v) is 5.20. The van der Waals surface area contributed by atoms with Crippen LogP contribution in [0.1, 0.15) is 17.0 Å². The van der Waals surface area contributed by atoms with E-state index < -0.39 is 0 Å². The fraction of sp³-hybridized carbons (Fsp3) is 0.350. The fourth-order valence-electron chi connectivity index (χ4n) is 3.37. The molecule has 0 atom stereocenters. The number of nitrogens with zero attached hydrogens (tertiary/aromatic N) is 5. The first kappa shape index (κ1) is 18.9. The summed E-state index contributed by atoms with van der Waals surface area (Å²) in [7, 11) is 0. The topological polar surface area (TPSA) is 68.1 Å². The summed E-state index contributed by atoms with van der Waals surface area (Å²) < 4.78 is 8.38. The highest BCUT2D eigenvalue weighted by atomic mass is 79.9. The molecule has 3 heterocycles. The van der Waals surface area contributed by atoms with E-state index in [1.165, 1.54) is 11.3 Å². The molecule has 1 aliphatic heterocycles. The standard InChI is InChI=1S/C20H23BrN6O/c1-14-9-15(2)27(25-14)20-13-22-12-19(24-20)23-11-16-3-4-17(21)10-18(16)26-5-7-28-8-6-26/h3-4,9-10,12-13H,5-8,11H2,1-2H3,(H,23,24). The van der Waals surface area contributed by atoms with Crippen LogP contribution in [0.15, 0.2) is 41.1 Å². The maximum atomic E-state index is 5.49. The lowest BCUT2D eigenvalue weighted by atomic mass is 10.1. The number of ether oxygens (including phenoxy) is 1. The minimum Gasteiger partial charge on any atom is -0.378 e. The number of aromatic nitrogens is 4. The van der Waals surface area contributed by atoms with Gasteiger partial charge in [0.1, 0.15) is 5.82 Å². The number of benzene rings is 1. The van der Waals surface area contributed by atoms with Gasteiger partial charge in [-0.25, -0.2) is 9.67 Å². The molecule has 7 nitrogen and oxygen atoms in total. The van der Waals surface area contributed by atoms with Crippen LogP contribution in [0.25, 0.3) is 5.82 Å². The van der Waals surface area contributed by atoms with Gasteiger partial charge in [-0.1, -0.05) is 22.0 Å². The van der Waals surface area contributed by atoms with Crippen LogP contribution >= 0.6 is 15.9 Å². The van der Waals surface area contributed by atoms with E-state index in [1.807, 2.05) is 24.6 Å². The third-order valence-electron chi connectivity index (χ3n) is 4.71. The van der Waals surface area contributed by atoms with Gasteiger partial charge in [-0.2, -0.15) is 5.10 Å². The minimum atomic E-state index is 0.662. The van der Waals surface area contributed by atoms with Crippen molar-refractivity contribution in [3.63, 3.8) is 0 Å². The van der Waals surface area contributed by atoms with Crippen molar-refractivity contribution < 1.29 is 4.74 Å². The van der Waals surface area contributed by atoms with Crippen LogP contribution in [0.2, 0.25) is 0 Å². The molecule has 1 aliphatic rings. The van der Waals surface area contributed by atoms with Gasteiger partial charge >= 0.3 is 0 Å². The Bertz CT molecular complexity index is 967. The molecule has 0 spiro atoms. The predicted octanol–water partition coefficient (Wildman–Crippen LogP) is 3.49. The number of aryl methyl sites for hydroxylation is 2. The summed E-state index contributed by atoms with van der Waals surface area (Å²) in [5.41, 5.74) is 4.42. The smallest absolute Gasteiger partial charge is 0.174 e. The van der Waals surface area contributed by atoms with Crippen LogP contribution in [-0.4, -0.2) is 46.1 Å². The van der Waals surface area contributed by atoms with E-state index in [0.717, 1.165) is 48.0 Å². The summed E-state index contributed by atoms with van der Waals surface area (Å²) in [6, 6.07) is 8.40. The van der Waals surface area contributed by atoms with E-state index >= 15 is 0 Å². The molecule has 0 unspecified atom stereocenters. The highest BCUT2D eigenvalue weighted by Crippen LogP contribution is 2.27. The molecule has 1 fully saturated rings. The van der Waals surface area contributed by atoms with Crippen LogP contribution in [-0.2, 0) is 11.3 Å². The predicted molar refractivity (Wildman–Crippen MR) is 113 cm³/mol. The van der Waals surface area contributed by atoms with E-state index in [4.69, 9.17) is 4.74 Å². The molecular formula is C20H23BrN6O. The highest BCUT2D eigenvalue weighted by Gasteiger charge is 2.15. The molecule has 1 saturated heterocycles. The SMILES string of the molecule is Cc1cc(C)n(-c2cncc(NCc3ccc(Br)cc3N3CCOCC3)n2)n1. The van der Waals surface area contributed by atoms with Crippen molar-refractivity contribution in [1.29, 1.82) is 0 Å². The number of morpholine rings is 1. The lowest BCUT2D eigenvalue weighted by Gasteiger charge is -2.31. The van der Waals surface area contributed by atoms with Gasteiger partial charge in [-0.15, -0.1) is 0 Å². The fourth-order valence-corrected chi connectivity index (χ4v) is 3.72. The second kappa shape index (κ2) is 8.28. The summed E-state index contributed by atoms with van der Waals surface area (Å²) in [4.78, 5) is 11.4. The second-order valence-corrected chi connectivity index (χ2v) is 7.74. The average molecular weight is 443 g/mol. The van der Waals surface area contributed by atoms with Crippen molar-refractivity contribution in [3.05, 3.63) is 58.1 Å². The zero-order valence-corrected chi connectivity index (χ0v) is 17.6. The molecule has 0 amide bonds. The lowest BCUT2D eigenvalue weighted by Crippen LogP contribution is -2.36. The number of halogens is 1. The quantitative estimate of drug-likeness (QED) is 0.651. The monoisotopic (exact) mass is 442 g/mol. The van der Waals surface area contributed by atoms with E-state index in [-0.39, 0.29) is 0 Å². The van der Waals surface area contributed by atoms with Crippen molar-refractivity contribution >= 4 is 27.4 Å². The number of hydrogen-bond donors (Lipinski definition) is 1. The Balaban J connectivity index is 1.53. The van der Waals surface area contributed by atoms with Crippen LogP contribution < -0.4 is 10.2 Å². The zero-order chi connectivity index (χ0) is 19.5. The first-order chi connectivity index (χ1) is 13.6. The van der Waals surface area contributed by atoms with Crippen LogP contribution in [0.5, 0.6) is 0 Å². The lowest BCUT2D eigenvalue weighted by molar-refractivity contribution is 0.122. The molecule has 8 heteroatoms. The van der Waals surface area contributed by atoms with Gasteiger partial charge in [0.25, 0.3) is 0 Å². The first-order valence-corrected chi connectivity index (χ1v) is 10.1. The molecule has 0 bridgehead atoms. The molecule has 4 rings (SSSR count). The first-order valence-electron chi connectivity index (χ1n) is 9.31. The van der Waals surface area contributed by atoms with Crippen LogP contribution in [0.4, 0.5) is 11.5 Å². The van der Waals surface area contributed by atoms with Gasteiger partial charge in [-0.05, 0) is 37.6 Å². The number of hydrogen-bond acceptors (Lipinski definition) is 6. The van der Waals surface area contributed by atoms with Gasteiger partial charge in [0, 0.05) is 35.5 Å². The van der Waals surface area contributed by atoms with Gasteiger partial charge in [0.2, 0.25) is 0 Å². The van der Waals surface area contributed by atoms with Crippen molar-refractivity contribution in [2.24, 2.45) is 0 Å². The number of rotatable bonds is 5. The Hall–Kier alpha value is -2.45. The third kappa shape index (κ3) is 4.18. The number of anilines is 2. The molecular weight excluding hydrogens is 420 g/mol. The largest absolute Gasteiger partial charge is 0.378 e. The van der Waals surface area contributed by atoms with Crippen molar-refractivity contribution in [2.75, 3.05) is 36.5 Å². The maximum Gasteiger partial charge on any atom is 0.174 e. The van der Waals surface area contributed by atoms with Gasteiger partial charge in [-0.3, -0.25) is 4.98 Å². The molecule has 2 aromatic heterocycles. The van der Waals surface area contributed by atoms with Crippen LogP contribution in [0, 0.1) is 13.8 Å². The van der Waals surface area contributed by atoms with E-state index in [1.54, 1.807) is 12.4 Å². The van der Waals surface area contributed by atoms with Crippen molar-refractivity contribution in [1.82, 2.24) is 19.7 Å². The molecule has 0 radical (unpaired) electrons. The van der Waals surface area contributed by atoms with Crippen molar-refractivity contribution in [3.8, 4) is 5.82 Å². The summed E-state index contributed by atoms with van der Waals surface area (Å²) in [5.74, 6) is 1.43. The summed E-state index contributed by atoms with van der Waals surface area (Å²) in [6.07, 6.45) is 3.46. The highest BCUT2D eigenvalue weighted by molar-refractivity contribution is 9.10. The molecule has 1 N–H and O–H groups in total. The Kier molecular flexibility index (Phi) is 5.59. The molecule has 1 aromatic carbocycles.